The van der Waals surface area contributed by atoms with Gasteiger partial charge >= 0.3 is 17.9 Å². The molecule has 0 aliphatic heterocycles. The molecule has 0 aromatic rings. The maximum Gasteiger partial charge on any atom is 0.306 e. The Morgan fingerprint density at radius 1 is 0.311 bits per heavy atom. The zero-order chi connectivity index (χ0) is 44.4. The van der Waals surface area contributed by atoms with Crippen molar-refractivity contribution in [2.24, 2.45) is 0 Å². The molecule has 0 bridgehead atoms. The molecule has 0 aromatic carbocycles. The van der Waals surface area contributed by atoms with Crippen molar-refractivity contribution in [3.05, 3.63) is 12.2 Å². The number of ether oxygens (including phenoxy) is 3. The highest BCUT2D eigenvalue weighted by molar-refractivity contribution is 5.71. The Morgan fingerprint density at radius 2 is 0.541 bits per heavy atom. The number of carbonyl (C=O) groups is 3. The van der Waals surface area contributed by atoms with E-state index in [1.807, 2.05) is 0 Å². The number of hydrogen-bond acceptors (Lipinski definition) is 6. The summed E-state index contributed by atoms with van der Waals surface area (Å²) >= 11 is 0. The van der Waals surface area contributed by atoms with Crippen LogP contribution in [0.4, 0.5) is 0 Å². The van der Waals surface area contributed by atoms with Gasteiger partial charge in [0, 0.05) is 19.3 Å². The first-order valence-corrected chi connectivity index (χ1v) is 27.2. The highest BCUT2D eigenvalue weighted by Gasteiger charge is 2.19. The van der Waals surface area contributed by atoms with Crippen LogP contribution in [0.3, 0.4) is 0 Å². The maximum atomic E-state index is 12.7. The number of carbonyl (C=O) groups excluding carboxylic acids is 3. The molecule has 0 rings (SSSR count). The summed E-state index contributed by atoms with van der Waals surface area (Å²) in [6.07, 6.45) is 56.5. The van der Waals surface area contributed by atoms with Gasteiger partial charge in [-0.1, -0.05) is 251 Å². The SMILES string of the molecule is CCCCCCC/C=C\CCCCCCCC(=O)OC(COC(=O)CCCCCCCCC)COC(=O)CCCCCCCCCCCCCCCCCCCCCCCC. The molecule has 0 saturated heterocycles. The molecule has 0 radical (unpaired) electrons. The van der Waals surface area contributed by atoms with Crippen molar-refractivity contribution >= 4 is 17.9 Å². The molecule has 1 unspecified atom stereocenters. The molecule has 61 heavy (non-hydrogen) atoms. The molecular formula is C55H104O6. The highest BCUT2D eigenvalue weighted by atomic mass is 16.6. The Labute approximate surface area is 380 Å². The van der Waals surface area contributed by atoms with E-state index in [1.165, 1.54) is 199 Å². The summed E-state index contributed by atoms with van der Waals surface area (Å²) in [7, 11) is 0. The van der Waals surface area contributed by atoms with Crippen LogP contribution in [0.5, 0.6) is 0 Å². The van der Waals surface area contributed by atoms with Crippen LogP contribution in [0, 0.1) is 0 Å². The van der Waals surface area contributed by atoms with Gasteiger partial charge in [0.05, 0.1) is 0 Å². The van der Waals surface area contributed by atoms with Gasteiger partial charge in [-0.15, -0.1) is 0 Å². The summed E-state index contributed by atoms with van der Waals surface area (Å²) in [4.78, 5) is 37.8. The van der Waals surface area contributed by atoms with Gasteiger partial charge in [-0.2, -0.15) is 0 Å². The molecule has 0 heterocycles. The van der Waals surface area contributed by atoms with E-state index < -0.39 is 6.10 Å². The van der Waals surface area contributed by atoms with Gasteiger partial charge in [0.2, 0.25) is 0 Å². The molecule has 1 atom stereocenters. The number of hydrogen-bond donors (Lipinski definition) is 0. The smallest absolute Gasteiger partial charge is 0.306 e. The molecule has 6 nitrogen and oxygen atoms in total. The van der Waals surface area contributed by atoms with E-state index in [-0.39, 0.29) is 31.1 Å². The van der Waals surface area contributed by atoms with Crippen LogP contribution in [-0.4, -0.2) is 37.2 Å². The number of rotatable bonds is 50. The zero-order valence-electron chi connectivity index (χ0n) is 41.2. The minimum absolute atomic E-state index is 0.0686. The zero-order valence-corrected chi connectivity index (χ0v) is 41.2. The minimum atomic E-state index is -0.766. The summed E-state index contributed by atoms with van der Waals surface area (Å²) in [6.45, 7) is 6.62. The van der Waals surface area contributed by atoms with Gasteiger partial charge in [-0.25, -0.2) is 0 Å². The third kappa shape index (κ3) is 49.0. The fourth-order valence-corrected chi connectivity index (χ4v) is 8.14. The lowest BCUT2D eigenvalue weighted by atomic mass is 10.0. The molecule has 0 amide bonds. The molecule has 360 valence electrons. The van der Waals surface area contributed by atoms with Gasteiger partial charge < -0.3 is 14.2 Å². The number of esters is 3. The molecule has 0 fully saturated rings. The predicted molar refractivity (Wildman–Crippen MR) is 261 cm³/mol. The van der Waals surface area contributed by atoms with Crippen molar-refractivity contribution in [2.75, 3.05) is 13.2 Å². The summed E-state index contributed by atoms with van der Waals surface area (Å²) in [6, 6.07) is 0. The quantitative estimate of drug-likeness (QED) is 0.0262. The monoisotopic (exact) mass is 861 g/mol. The molecule has 0 aliphatic rings. The Morgan fingerprint density at radius 3 is 0.820 bits per heavy atom. The summed E-state index contributed by atoms with van der Waals surface area (Å²) in [5, 5.41) is 0. The van der Waals surface area contributed by atoms with Gasteiger partial charge in [0.1, 0.15) is 13.2 Å². The van der Waals surface area contributed by atoms with E-state index >= 15 is 0 Å². The number of unbranched alkanes of at least 4 members (excludes halogenated alkanes) is 37. The third-order valence-electron chi connectivity index (χ3n) is 12.3. The Balaban J connectivity index is 4.13. The van der Waals surface area contributed by atoms with Crippen molar-refractivity contribution in [3.63, 3.8) is 0 Å². The Kier molecular flexibility index (Phi) is 49.3. The molecule has 0 N–H and O–H groups in total. The van der Waals surface area contributed by atoms with Crippen LogP contribution in [0.25, 0.3) is 0 Å². The van der Waals surface area contributed by atoms with Crippen molar-refractivity contribution < 1.29 is 28.6 Å². The van der Waals surface area contributed by atoms with E-state index in [2.05, 4.69) is 32.9 Å². The number of allylic oxidation sites excluding steroid dienone is 2. The Bertz CT molecular complexity index is 947. The fraction of sp³-hybridized carbons (Fsp3) is 0.909. The van der Waals surface area contributed by atoms with E-state index in [9.17, 15) is 14.4 Å². The third-order valence-corrected chi connectivity index (χ3v) is 12.3. The average Bonchev–Trinajstić information content (AvgIpc) is 3.26. The molecule has 6 heteroatoms. The lowest BCUT2D eigenvalue weighted by Gasteiger charge is -2.18. The molecule has 0 spiro atoms. The first-order valence-electron chi connectivity index (χ1n) is 27.2. The molecular weight excluding hydrogens is 757 g/mol. The normalized spacial score (nSPS) is 12.0. The fourth-order valence-electron chi connectivity index (χ4n) is 8.14. The lowest BCUT2D eigenvalue weighted by Crippen LogP contribution is -2.30. The van der Waals surface area contributed by atoms with Crippen molar-refractivity contribution in [1.82, 2.24) is 0 Å². The largest absolute Gasteiger partial charge is 0.462 e. The second kappa shape index (κ2) is 50.8. The van der Waals surface area contributed by atoms with Crippen LogP contribution in [0.1, 0.15) is 303 Å². The van der Waals surface area contributed by atoms with Gasteiger partial charge in [0.25, 0.3) is 0 Å². The van der Waals surface area contributed by atoms with Crippen molar-refractivity contribution in [1.29, 1.82) is 0 Å². The maximum absolute atomic E-state index is 12.7. The van der Waals surface area contributed by atoms with E-state index in [4.69, 9.17) is 14.2 Å². The van der Waals surface area contributed by atoms with Crippen LogP contribution in [-0.2, 0) is 28.6 Å². The first-order chi connectivity index (χ1) is 30.0. The van der Waals surface area contributed by atoms with Gasteiger partial charge in [-0.3, -0.25) is 14.4 Å². The second-order valence-electron chi connectivity index (χ2n) is 18.5. The van der Waals surface area contributed by atoms with Crippen LogP contribution < -0.4 is 0 Å². The van der Waals surface area contributed by atoms with Crippen LogP contribution >= 0.6 is 0 Å². The Hall–Kier alpha value is -1.85. The van der Waals surface area contributed by atoms with Gasteiger partial charge in [0.15, 0.2) is 6.10 Å². The highest BCUT2D eigenvalue weighted by Crippen LogP contribution is 2.17. The lowest BCUT2D eigenvalue weighted by molar-refractivity contribution is -0.167. The minimum Gasteiger partial charge on any atom is -0.462 e. The van der Waals surface area contributed by atoms with E-state index in [0.717, 1.165) is 64.2 Å². The van der Waals surface area contributed by atoms with Crippen LogP contribution in [0.2, 0.25) is 0 Å². The second-order valence-corrected chi connectivity index (χ2v) is 18.5. The first kappa shape index (κ1) is 59.1. The van der Waals surface area contributed by atoms with Crippen molar-refractivity contribution in [2.45, 2.75) is 309 Å². The van der Waals surface area contributed by atoms with E-state index in [1.54, 1.807) is 0 Å². The molecule has 0 saturated carbocycles. The van der Waals surface area contributed by atoms with Gasteiger partial charge in [-0.05, 0) is 44.9 Å². The standard InChI is InChI=1S/C55H104O6/c1-4-7-10-13-16-18-20-22-24-25-26-27-28-29-30-31-33-34-36-39-42-45-48-54(57)60-51-52(50-59-53(56)47-44-41-38-15-12-9-6-3)61-55(58)49-46-43-40-37-35-32-23-21-19-17-14-11-8-5-2/h21,23,52H,4-20,22,24-51H2,1-3H3/b23-21-. The average molecular weight is 861 g/mol. The molecule has 0 aromatic heterocycles. The topological polar surface area (TPSA) is 78.9 Å². The van der Waals surface area contributed by atoms with Crippen LogP contribution in [0.15, 0.2) is 12.2 Å². The summed E-state index contributed by atoms with van der Waals surface area (Å²) in [5.74, 6) is -0.867. The molecule has 0 aliphatic carbocycles. The summed E-state index contributed by atoms with van der Waals surface area (Å²) < 4.78 is 16.7. The predicted octanol–water partition coefficient (Wildman–Crippen LogP) is 17.8. The van der Waals surface area contributed by atoms with Crippen molar-refractivity contribution in [3.8, 4) is 0 Å². The van der Waals surface area contributed by atoms with E-state index in [0.29, 0.717) is 19.3 Å². The summed E-state index contributed by atoms with van der Waals surface area (Å²) in [5.41, 5.74) is 0.